The van der Waals surface area contributed by atoms with Crippen LogP contribution in [0.25, 0.3) is 0 Å². The molecule has 6 heteroatoms. The lowest BCUT2D eigenvalue weighted by Crippen LogP contribution is -2.32. The third-order valence-electron chi connectivity index (χ3n) is 3.41. The Labute approximate surface area is 145 Å². The van der Waals surface area contributed by atoms with Gasteiger partial charge >= 0.3 is 5.97 Å². The summed E-state index contributed by atoms with van der Waals surface area (Å²) in [7, 11) is 1.46. The molecule has 0 aromatic heterocycles. The van der Waals surface area contributed by atoms with E-state index in [4.69, 9.17) is 9.47 Å². The zero-order chi connectivity index (χ0) is 18.1. The zero-order valence-electron chi connectivity index (χ0n) is 13.9. The Bertz CT molecular complexity index is 742. The number of rotatable bonds is 8. The molecule has 0 radical (unpaired) electrons. The van der Waals surface area contributed by atoms with E-state index in [1.807, 2.05) is 30.3 Å². The topological polar surface area (TPSA) is 81.7 Å². The summed E-state index contributed by atoms with van der Waals surface area (Å²) < 4.78 is 9.99. The fourth-order valence-corrected chi connectivity index (χ4v) is 2.16. The maximum atomic E-state index is 12.1. The summed E-state index contributed by atoms with van der Waals surface area (Å²) in [5, 5.41) is 2.47. The first-order chi connectivity index (χ1) is 12.1. The molecular weight excluding hydrogens is 322 g/mol. The van der Waals surface area contributed by atoms with E-state index in [2.05, 4.69) is 5.32 Å². The van der Waals surface area contributed by atoms with Crippen molar-refractivity contribution < 1.29 is 23.9 Å². The number of para-hydroxylation sites is 1. The summed E-state index contributed by atoms with van der Waals surface area (Å²) in [6, 6.07) is 15.9. The first-order valence-corrected chi connectivity index (χ1v) is 7.72. The lowest BCUT2D eigenvalue weighted by atomic mass is 10.1. The van der Waals surface area contributed by atoms with Gasteiger partial charge in [-0.25, -0.2) is 0 Å². The molecule has 130 valence electrons. The Hall–Kier alpha value is -3.15. The van der Waals surface area contributed by atoms with Crippen molar-refractivity contribution >= 4 is 17.7 Å². The Morgan fingerprint density at radius 3 is 2.36 bits per heavy atom. The molecule has 6 nitrogen and oxygen atoms in total. The van der Waals surface area contributed by atoms with Crippen LogP contribution in [0, 0.1) is 0 Å². The van der Waals surface area contributed by atoms with Crippen molar-refractivity contribution in [3.05, 3.63) is 65.7 Å². The maximum Gasteiger partial charge on any atom is 0.325 e. The van der Waals surface area contributed by atoms with Gasteiger partial charge in [0.05, 0.1) is 19.1 Å². The number of methoxy groups -OCH3 is 1. The molecule has 2 aromatic carbocycles. The van der Waals surface area contributed by atoms with Gasteiger partial charge in [-0.3, -0.25) is 14.4 Å². The van der Waals surface area contributed by atoms with Crippen LogP contribution in [0.2, 0.25) is 0 Å². The molecule has 0 bridgehead atoms. The molecule has 0 unspecified atom stereocenters. The second kappa shape index (κ2) is 9.22. The van der Waals surface area contributed by atoms with E-state index in [1.165, 1.54) is 7.11 Å². The molecule has 0 saturated heterocycles. The molecule has 1 N–H and O–H groups in total. The third kappa shape index (κ3) is 5.76. The number of benzene rings is 2. The standard InChI is InChI=1S/C19H19NO5/c1-24-17-10-6-5-9-15(17)16(21)13-25-19(23)12-20-18(22)11-14-7-3-2-4-8-14/h2-10H,11-13H2,1H3,(H,20,22). The van der Waals surface area contributed by atoms with Crippen molar-refractivity contribution in [3.63, 3.8) is 0 Å². The minimum absolute atomic E-state index is 0.175. The predicted octanol–water partition coefficient (Wildman–Crippen LogP) is 1.78. The van der Waals surface area contributed by atoms with Crippen molar-refractivity contribution in [1.29, 1.82) is 0 Å². The molecule has 2 rings (SSSR count). The van der Waals surface area contributed by atoms with Crippen LogP contribution >= 0.6 is 0 Å². The summed E-state index contributed by atoms with van der Waals surface area (Å²) in [5.74, 6) is -0.926. The SMILES string of the molecule is COc1ccccc1C(=O)COC(=O)CNC(=O)Cc1ccccc1. The summed E-state index contributed by atoms with van der Waals surface area (Å²) in [4.78, 5) is 35.5. The monoisotopic (exact) mass is 341 g/mol. The number of hydrogen-bond donors (Lipinski definition) is 1. The van der Waals surface area contributed by atoms with Crippen molar-refractivity contribution in [2.75, 3.05) is 20.3 Å². The van der Waals surface area contributed by atoms with Gasteiger partial charge in [0.15, 0.2) is 6.61 Å². The van der Waals surface area contributed by atoms with Gasteiger partial charge in [0.2, 0.25) is 11.7 Å². The van der Waals surface area contributed by atoms with Crippen LogP contribution < -0.4 is 10.1 Å². The molecule has 25 heavy (non-hydrogen) atoms. The normalized spacial score (nSPS) is 9.96. The van der Waals surface area contributed by atoms with E-state index in [0.717, 1.165) is 5.56 Å². The van der Waals surface area contributed by atoms with Crippen LogP contribution in [0.15, 0.2) is 54.6 Å². The second-order valence-corrected chi connectivity index (χ2v) is 5.22. The van der Waals surface area contributed by atoms with Crippen LogP contribution in [-0.4, -0.2) is 37.9 Å². The van der Waals surface area contributed by atoms with E-state index < -0.39 is 12.6 Å². The van der Waals surface area contributed by atoms with Crippen LogP contribution in [0.5, 0.6) is 5.75 Å². The van der Waals surface area contributed by atoms with Gasteiger partial charge in [0, 0.05) is 0 Å². The molecule has 0 saturated carbocycles. The van der Waals surface area contributed by atoms with E-state index in [0.29, 0.717) is 11.3 Å². The van der Waals surface area contributed by atoms with Crippen molar-refractivity contribution in [1.82, 2.24) is 5.32 Å². The maximum absolute atomic E-state index is 12.1. The van der Waals surface area contributed by atoms with E-state index in [9.17, 15) is 14.4 Å². The number of Topliss-reactive ketones (excluding diaryl/α,β-unsaturated/α-hetero) is 1. The summed E-state index contributed by atoms with van der Waals surface area (Å²) in [6.45, 7) is -0.696. The number of esters is 1. The highest BCUT2D eigenvalue weighted by molar-refractivity contribution is 6.00. The number of amides is 1. The first-order valence-electron chi connectivity index (χ1n) is 7.72. The van der Waals surface area contributed by atoms with Gasteiger partial charge in [0.1, 0.15) is 12.3 Å². The van der Waals surface area contributed by atoms with E-state index in [-0.39, 0.29) is 24.7 Å². The molecule has 0 aliphatic rings. The molecule has 2 aromatic rings. The minimum Gasteiger partial charge on any atom is -0.496 e. The average molecular weight is 341 g/mol. The van der Waals surface area contributed by atoms with Crippen molar-refractivity contribution in [2.45, 2.75) is 6.42 Å². The van der Waals surface area contributed by atoms with Crippen LogP contribution in [0.1, 0.15) is 15.9 Å². The Kier molecular flexibility index (Phi) is 6.71. The smallest absolute Gasteiger partial charge is 0.325 e. The largest absolute Gasteiger partial charge is 0.496 e. The number of ether oxygens (including phenoxy) is 2. The minimum atomic E-state index is -0.676. The first kappa shape index (κ1) is 18.2. The Balaban J connectivity index is 1.75. The number of nitrogens with one attached hydrogen (secondary N) is 1. The zero-order valence-corrected chi connectivity index (χ0v) is 13.9. The number of carbonyl (C=O) groups is 3. The van der Waals surface area contributed by atoms with Gasteiger partial charge in [0.25, 0.3) is 0 Å². The lowest BCUT2D eigenvalue weighted by Gasteiger charge is -2.08. The molecule has 0 aliphatic carbocycles. The van der Waals surface area contributed by atoms with Crippen LogP contribution in [0.3, 0.4) is 0 Å². The van der Waals surface area contributed by atoms with Crippen LogP contribution in [-0.2, 0) is 20.7 Å². The Morgan fingerprint density at radius 1 is 0.960 bits per heavy atom. The lowest BCUT2D eigenvalue weighted by molar-refractivity contribution is -0.142. The molecule has 0 atom stereocenters. The highest BCUT2D eigenvalue weighted by Gasteiger charge is 2.14. The van der Waals surface area contributed by atoms with Crippen molar-refractivity contribution in [2.24, 2.45) is 0 Å². The average Bonchev–Trinajstić information content (AvgIpc) is 2.65. The van der Waals surface area contributed by atoms with Crippen LogP contribution in [0.4, 0.5) is 0 Å². The number of ketones is 1. The highest BCUT2D eigenvalue weighted by Crippen LogP contribution is 2.17. The van der Waals surface area contributed by atoms with E-state index >= 15 is 0 Å². The fourth-order valence-electron chi connectivity index (χ4n) is 2.16. The molecule has 0 aliphatic heterocycles. The van der Waals surface area contributed by atoms with Crippen molar-refractivity contribution in [3.8, 4) is 5.75 Å². The highest BCUT2D eigenvalue weighted by atomic mass is 16.5. The fraction of sp³-hybridized carbons (Fsp3) is 0.211. The number of carbonyl (C=O) groups excluding carboxylic acids is 3. The summed E-state index contributed by atoms with van der Waals surface area (Å²) in [6.07, 6.45) is 0.175. The molecule has 0 fully saturated rings. The predicted molar refractivity (Wildman–Crippen MR) is 91.4 cm³/mol. The number of hydrogen-bond acceptors (Lipinski definition) is 5. The van der Waals surface area contributed by atoms with Gasteiger partial charge < -0.3 is 14.8 Å². The van der Waals surface area contributed by atoms with Gasteiger partial charge in [-0.2, -0.15) is 0 Å². The van der Waals surface area contributed by atoms with E-state index in [1.54, 1.807) is 24.3 Å². The third-order valence-corrected chi connectivity index (χ3v) is 3.41. The van der Waals surface area contributed by atoms with Gasteiger partial charge in [-0.15, -0.1) is 0 Å². The van der Waals surface area contributed by atoms with Gasteiger partial charge in [-0.1, -0.05) is 42.5 Å². The second-order valence-electron chi connectivity index (χ2n) is 5.22. The summed E-state index contributed by atoms with van der Waals surface area (Å²) >= 11 is 0. The van der Waals surface area contributed by atoms with Gasteiger partial charge in [-0.05, 0) is 17.7 Å². The molecular formula is C19H19NO5. The Morgan fingerprint density at radius 2 is 1.64 bits per heavy atom. The quantitative estimate of drug-likeness (QED) is 0.585. The molecule has 0 heterocycles. The summed E-state index contributed by atoms with van der Waals surface area (Å²) in [5.41, 5.74) is 1.19. The molecule has 1 amide bonds. The molecule has 0 spiro atoms.